The number of sulfone groups is 1. The van der Waals surface area contributed by atoms with Crippen LogP contribution in [0.3, 0.4) is 0 Å². The van der Waals surface area contributed by atoms with Gasteiger partial charge in [0, 0.05) is 43.2 Å². The standard InChI is InChI=1S/C25H24N2O4S.C8H16N2O.C2H6/c1-32(29,30)20-13-11-18(12-14-20)15-16-26-25(28)23-24(21-9-5-6-10-22(21)27-23)31-17-19-7-3-2-4-8-19;1-2-8(11)9-10-6-4-3-5-7-10;1-2/h2-14,27H,15-17H2,1H3,(H,26,28);2-7H2,1H3,(H,9,11);1-2H3. The number of aromatic amines is 1. The first kappa shape index (κ1) is 35.3. The summed E-state index contributed by atoms with van der Waals surface area (Å²) in [6.07, 6.45) is 6.07. The number of hydrogen-bond acceptors (Lipinski definition) is 6. The highest BCUT2D eigenvalue weighted by Gasteiger charge is 2.19. The van der Waals surface area contributed by atoms with Crippen LogP contribution in [0.5, 0.6) is 5.75 Å². The summed E-state index contributed by atoms with van der Waals surface area (Å²) in [7, 11) is -3.22. The molecule has 0 radical (unpaired) electrons. The van der Waals surface area contributed by atoms with Crippen molar-refractivity contribution < 1.29 is 22.7 Å². The van der Waals surface area contributed by atoms with Crippen LogP contribution in [0.4, 0.5) is 0 Å². The molecule has 4 aromatic rings. The molecule has 1 aliphatic heterocycles. The van der Waals surface area contributed by atoms with Gasteiger partial charge < -0.3 is 15.0 Å². The molecule has 45 heavy (non-hydrogen) atoms. The van der Waals surface area contributed by atoms with Crippen LogP contribution in [0.1, 0.15) is 68.1 Å². The molecule has 10 heteroatoms. The Morgan fingerprint density at radius 2 is 1.51 bits per heavy atom. The van der Waals surface area contributed by atoms with Crippen molar-refractivity contribution in [3.05, 3.63) is 95.7 Å². The summed E-state index contributed by atoms with van der Waals surface area (Å²) >= 11 is 0. The third-order valence-corrected chi connectivity index (χ3v) is 8.25. The number of fused-ring (bicyclic) bond motifs is 1. The van der Waals surface area contributed by atoms with Crippen molar-refractivity contribution in [2.24, 2.45) is 0 Å². The van der Waals surface area contributed by atoms with Crippen molar-refractivity contribution in [1.29, 1.82) is 0 Å². The number of nitrogens with zero attached hydrogens (tertiary/aromatic N) is 1. The van der Waals surface area contributed by atoms with Crippen LogP contribution < -0.4 is 15.5 Å². The number of piperidine rings is 1. The smallest absolute Gasteiger partial charge is 0.271 e. The fourth-order valence-electron chi connectivity index (χ4n) is 4.73. The molecule has 9 nitrogen and oxygen atoms in total. The lowest BCUT2D eigenvalue weighted by Gasteiger charge is -2.26. The van der Waals surface area contributed by atoms with Gasteiger partial charge in [0.25, 0.3) is 5.91 Å². The lowest BCUT2D eigenvalue weighted by molar-refractivity contribution is -0.126. The number of aromatic nitrogens is 1. The predicted octanol–water partition coefficient (Wildman–Crippen LogP) is 6.06. The van der Waals surface area contributed by atoms with E-state index < -0.39 is 9.84 Å². The summed E-state index contributed by atoms with van der Waals surface area (Å²) in [5.74, 6) is 0.406. The van der Waals surface area contributed by atoms with Gasteiger partial charge in [0.15, 0.2) is 15.6 Å². The summed E-state index contributed by atoms with van der Waals surface area (Å²) in [5.41, 5.74) is 6.03. The average Bonchev–Trinajstić information content (AvgIpc) is 3.44. The number of amides is 2. The number of benzene rings is 3. The number of carbonyl (C=O) groups is 2. The Balaban J connectivity index is 0.000000357. The van der Waals surface area contributed by atoms with E-state index in [1.807, 2.05) is 80.4 Å². The first-order chi connectivity index (χ1) is 21.7. The van der Waals surface area contributed by atoms with E-state index in [-0.39, 0.29) is 16.7 Å². The van der Waals surface area contributed by atoms with Crippen molar-refractivity contribution in [3.8, 4) is 5.75 Å². The molecule has 1 fully saturated rings. The zero-order valence-electron chi connectivity index (χ0n) is 26.8. The molecule has 1 aliphatic rings. The third-order valence-electron chi connectivity index (χ3n) is 7.12. The van der Waals surface area contributed by atoms with Crippen molar-refractivity contribution in [2.75, 3.05) is 25.9 Å². The third kappa shape index (κ3) is 11.1. The normalized spacial score (nSPS) is 13.1. The summed E-state index contributed by atoms with van der Waals surface area (Å²) < 4.78 is 29.2. The van der Waals surface area contributed by atoms with Crippen LogP contribution in [-0.2, 0) is 27.7 Å². The van der Waals surface area contributed by atoms with E-state index in [1.165, 1.54) is 25.5 Å². The lowest BCUT2D eigenvalue weighted by Crippen LogP contribution is -2.44. The summed E-state index contributed by atoms with van der Waals surface area (Å²) in [4.78, 5) is 27.3. The second-order valence-electron chi connectivity index (χ2n) is 10.5. The second kappa shape index (κ2) is 18.0. The Morgan fingerprint density at radius 1 is 0.867 bits per heavy atom. The van der Waals surface area contributed by atoms with Gasteiger partial charge in [-0.1, -0.05) is 81.8 Å². The van der Waals surface area contributed by atoms with Crippen molar-refractivity contribution >= 4 is 32.6 Å². The Kier molecular flexibility index (Phi) is 14.1. The largest absolute Gasteiger partial charge is 0.486 e. The Bertz CT molecular complexity index is 1600. The molecule has 5 rings (SSSR count). The van der Waals surface area contributed by atoms with E-state index in [9.17, 15) is 18.0 Å². The number of rotatable bonds is 10. The highest BCUT2D eigenvalue weighted by Crippen LogP contribution is 2.30. The van der Waals surface area contributed by atoms with Crippen LogP contribution in [0.25, 0.3) is 10.9 Å². The zero-order chi connectivity index (χ0) is 32.7. The van der Waals surface area contributed by atoms with Gasteiger partial charge in [-0.05, 0) is 54.7 Å². The fraction of sp³-hybridized carbons (Fsp3) is 0.371. The number of H-pyrrole nitrogens is 1. The zero-order valence-corrected chi connectivity index (χ0v) is 27.6. The minimum Gasteiger partial charge on any atom is -0.486 e. The number of nitrogens with one attached hydrogen (secondary N) is 3. The number of hydrogen-bond donors (Lipinski definition) is 3. The molecule has 0 spiro atoms. The molecule has 242 valence electrons. The van der Waals surface area contributed by atoms with Crippen molar-refractivity contribution in [3.63, 3.8) is 0 Å². The van der Waals surface area contributed by atoms with Gasteiger partial charge >= 0.3 is 0 Å². The molecule has 1 saturated heterocycles. The van der Waals surface area contributed by atoms with Crippen LogP contribution in [0.15, 0.2) is 83.8 Å². The minimum atomic E-state index is -3.22. The van der Waals surface area contributed by atoms with Gasteiger partial charge in [-0.25, -0.2) is 13.4 Å². The number of ether oxygens (including phenoxy) is 1. The molecule has 3 aromatic carbocycles. The predicted molar refractivity (Wildman–Crippen MR) is 180 cm³/mol. The molecule has 0 aliphatic carbocycles. The second-order valence-corrected chi connectivity index (χ2v) is 12.5. The van der Waals surface area contributed by atoms with Crippen LogP contribution in [0.2, 0.25) is 0 Å². The summed E-state index contributed by atoms with van der Waals surface area (Å²) in [6, 6.07) is 24.1. The first-order valence-electron chi connectivity index (χ1n) is 15.6. The van der Waals surface area contributed by atoms with E-state index >= 15 is 0 Å². The topological polar surface area (TPSA) is 121 Å². The van der Waals surface area contributed by atoms with Crippen molar-refractivity contribution in [2.45, 2.75) is 64.4 Å². The lowest BCUT2D eigenvalue weighted by atomic mass is 10.1. The molecule has 2 heterocycles. The average molecular weight is 635 g/mol. The van der Waals surface area contributed by atoms with E-state index in [0.717, 1.165) is 35.1 Å². The molecular formula is C35H46N4O5S. The van der Waals surface area contributed by atoms with Crippen LogP contribution in [0, 0.1) is 0 Å². The van der Waals surface area contributed by atoms with Crippen molar-refractivity contribution in [1.82, 2.24) is 20.7 Å². The Labute approximate surface area is 267 Å². The molecule has 0 saturated carbocycles. The molecule has 3 N–H and O–H groups in total. The highest BCUT2D eigenvalue weighted by molar-refractivity contribution is 7.90. The molecule has 0 atom stereocenters. The van der Waals surface area contributed by atoms with E-state index in [0.29, 0.717) is 37.4 Å². The molecule has 0 unspecified atom stereocenters. The van der Waals surface area contributed by atoms with E-state index in [2.05, 4.69) is 15.7 Å². The highest BCUT2D eigenvalue weighted by atomic mass is 32.2. The monoisotopic (exact) mass is 634 g/mol. The van der Waals surface area contributed by atoms with Gasteiger partial charge in [0.05, 0.1) is 4.90 Å². The maximum Gasteiger partial charge on any atom is 0.271 e. The van der Waals surface area contributed by atoms with Gasteiger partial charge in [0.1, 0.15) is 12.3 Å². The van der Waals surface area contributed by atoms with Gasteiger partial charge in [-0.3, -0.25) is 15.0 Å². The Hall–Kier alpha value is -4.15. The molecule has 2 amide bonds. The quantitative estimate of drug-likeness (QED) is 0.195. The molecule has 0 bridgehead atoms. The van der Waals surface area contributed by atoms with Crippen LogP contribution in [-0.4, -0.2) is 56.1 Å². The van der Waals surface area contributed by atoms with Crippen LogP contribution >= 0.6 is 0 Å². The van der Waals surface area contributed by atoms with Gasteiger partial charge in [-0.2, -0.15) is 0 Å². The molecule has 1 aromatic heterocycles. The summed E-state index contributed by atoms with van der Waals surface area (Å²) in [6.45, 7) is 8.68. The van der Waals surface area contributed by atoms with Gasteiger partial charge in [-0.15, -0.1) is 0 Å². The Morgan fingerprint density at radius 3 is 2.16 bits per heavy atom. The SMILES string of the molecule is CC.CCC(=O)NN1CCCCC1.CS(=O)(=O)c1ccc(CCNC(=O)c2[nH]c3ccccc3c2OCc2ccccc2)cc1. The van der Waals surface area contributed by atoms with E-state index in [1.54, 1.807) is 24.3 Å². The minimum absolute atomic E-state index is 0.131. The van der Waals surface area contributed by atoms with E-state index in [4.69, 9.17) is 4.74 Å². The summed E-state index contributed by atoms with van der Waals surface area (Å²) in [5, 5.41) is 5.80. The molecular weight excluding hydrogens is 588 g/mol. The van der Waals surface area contributed by atoms with Gasteiger partial charge in [0.2, 0.25) is 5.91 Å². The maximum absolute atomic E-state index is 12.9. The number of para-hydroxylation sites is 1. The number of hydrazine groups is 1. The maximum atomic E-state index is 12.9. The first-order valence-corrected chi connectivity index (χ1v) is 17.5. The fourth-order valence-corrected chi connectivity index (χ4v) is 5.36. The number of carbonyl (C=O) groups excluding carboxylic acids is 2.